The molecule has 2 aromatic rings. The van der Waals surface area contributed by atoms with Crippen molar-refractivity contribution in [2.75, 3.05) is 19.8 Å². The fraction of sp³-hybridized carbons (Fsp3) is 0.375. The average Bonchev–Trinajstić information content (AvgIpc) is 2.98. The van der Waals surface area contributed by atoms with Crippen molar-refractivity contribution < 1.29 is 33.8 Å². The Morgan fingerprint density at radius 1 is 0.927 bits per heavy atom. The molecule has 2 rings (SSSR count). The third kappa shape index (κ3) is 12.7. The summed E-state index contributed by atoms with van der Waals surface area (Å²) in [6, 6.07) is 17.1. The average molecular weight is 565 g/mol. The van der Waals surface area contributed by atoms with Crippen LogP contribution >= 0.6 is 0 Å². The summed E-state index contributed by atoms with van der Waals surface area (Å²) in [7, 11) is 0. The van der Waals surface area contributed by atoms with Gasteiger partial charge in [-0.15, -0.1) is 13.2 Å². The van der Waals surface area contributed by atoms with E-state index in [1.165, 1.54) is 11.0 Å². The van der Waals surface area contributed by atoms with E-state index >= 15 is 0 Å². The summed E-state index contributed by atoms with van der Waals surface area (Å²) in [4.78, 5) is 53.1. The minimum Gasteiger partial charge on any atom is -0.463 e. The van der Waals surface area contributed by atoms with Crippen molar-refractivity contribution in [3.8, 4) is 0 Å². The molecule has 0 saturated heterocycles. The Labute approximate surface area is 241 Å². The summed E-state index contributed by atoms with van der Waals surface area (Å²) in [6.45, 7) is 7.03. The molecule has 0 heterocycles. The summed E-state index contributed by atoms with van der Waals surface area (Å²) >= 11 is 0. The zero-order chi connectivity index (χ0) is 29.9. The first-order valence-corrected chi connectivity index (χ1v) is 13.7. The number of amides is 2. The maximum atomic E-state index is 13.3. The third-order valence-corrected chi connectivity index (χ3v) is 6.21. The van der Waals surface area contributed by atoms with Gasteiger partial charge in [-0.05, 0) is 30.4 Å². The van der Waals surface area contributed by atoms with Crippen molar-refractivity contribution in [2.45, 2.75) is 51.3 Å². The number of carbonyl (C=O) groups is 4. The maximum Gasteiger partial charge on any atom is 0.332 e. The van der Waals surface area contributed by atoms with Gasteiger partial charge in [-0.25, -0.2) is 4.79 Å². The van der Waals surface area contributed by atoms with Gasteiger partial charge in [0, 0.05) is 25.9 Å². The minimum atomic E-state index is -1.27. The monoisotopic (exact) mass is 564 g/mol. The van der Waals surface area contributed by atoms with E-state index in [0.717, 1.165) is 11.1 Å². The fourth-order valence-corrected chi connectivity index (χ4v) is 3.97. The Morgan fingerprint density at radius 3 is 2.20 bits per heavy atom. The number of carbonyl (C=O) groups excluding carboxylic acids is 4. The van der Waals surface area contributed by atoms with Gasteiger partial charge >= 0.3 is 11.9 Å². The van der Waals surface area contributed by atoms with Crippen LogP contribution in [-0.2, 0) is 41.8 Å². The van der Waals surface area contributed by atoms with E-state index in [0.29, 0.717) is 12.8 Å². The largest absolute Gasteiger partial charge is 0.463 e. The molecule has 0 bridgehead atoms. The van der Waals surface area contributed by atoms with Gasteiger partial charge < -0.3 is 24.8 Å². The quantitative estimate of drug-likeness (QED) is 0.152. The molecule has 0 aliphatic carbocycles. The molecule has 0 spiro atoms. The second kappa shape index (κ2) is 18.9. The molecule has 2 atom stereocenters. The van der Waals surface area contributed by atoms with E-state index in [2.05, 4.69) is 18.5 Å². The highest BCUT2D eigenvalue weighted by atomic mass is 16.6. The van der Waals surface area contributed by atoms with Gasteiger partial charge in [0.15, 0.2) is 6.04 Å². The van der Waals surface area contributed by atoms with E-state index < -0.39 is 36.4 Å². The molecule has 9 heteroatoms. The topological polar surface area (TPSA) is 122 Å². The van der Waals surface area contributed by atoms with Crippen LogP contribution in [0.15, 0.2) is 86.0 Å². The standard InChI is InChI=1S/C32H40N2O7/c1-3-5-8-18-30(37)40-24-28(32(39)41-23-26-16-11-7-12-17-26)33-31(38)27(13-4-2)21-29(36)34(19-20-35)22-25-14-9-6-10-15-25/h3-4,6-7,9-12,14-17,27-28,35H,1-2,5,8,13,18-24H2,(H,33,38)/t27-,28+/m0/s1. The number of esters is 2. The first-order chi connectivity index (χ1) is 19.9. The summed E-state index contributed by atoms with van der Waals surface area (Å²) < 4.78 is 10.7. The molecule has 41 heavy (non-hydrogen) atoms. The number of aliphatic hydroxyl groups excluding tert-OH is 1. The molecule has 2 N–H and O–H groups in total. The number of hydrogen-bond donors (Lipinski definition) is 2. The summed E-state index contributed by atoms with van der Waals surface area (Å²) in [5.74, 6) is -3.03. The van der Waals surface area contributed by atoms with Crippen LogP contribution in [0.3, 0.4) is 0 Å². The van der Waals surface area contributed by atoms with Crippen molar-refractivity contribution >= 4 is 23.8 Å². The fourth-order valence-electron chi connectivity index (χ4n) is 3.97. The van der Waals surface area contributed by atoms with Gasteiger partial charge in [0.05, 0.1) is 12.5 Å². The zero-order valence-corrected chi connectivity index (χ0v) is 23.4. The van der Waals surface area contributed by atoms with Gasteiger partial charge in [-0.3, -0.25) is 14.4 Å². The van der Waals surface area contributed by atoms with Crippen LogP contribution in [-0.4, -0.2) is 59.6 Å². The first-order valence-electron chi connectivity index (χ1n) is 13.7. The van der Waals surface area contributed by atoms with Gasteiger partial charge in [-0.2, -0.15) is 0 Å². The molecule has 2 aromatic carbocycles. The van der Waals surface area contributed by atoms with Crippen molar-refractivity contribution in [3.63, 3.8) is 0 Å². The molecule has 0 aliphatic heterocycles. The Morgan fingerprint density at radius 2 is 1.59 bits per heavy atom. The van der Waals surface area contributed by atoms with Crippen molar-refractivity contribution in [1.82, 2.24) is 10.2 Å². The molecule has 0 fully saturated rings. The molecule has 220 valence electrons. The number of nitrogens with zero attached hydrogens (tertiary/aromatic N) is 1. The van der Waals surface area contributed by atoms with Gasteiger partial charge in [0.25, 0.3) is 0 Å². The highest BCUT2D eigenvalue weighted by Crippen LogP contribution is 2.15. The smallest absolute Gasteiger partial charge is 0.332 e. The lowest BCUT2D eigenvalue weighted by Crippen LogP contribution is -2.48. The van der Waals surface area contributed by atoms with Crippen LogP contribution in [0, 0.1) is 5.92 Å². The number of allylic oxidation sites excluding steroid dienone is 2. The van der Waals surface area contributed by atoms with E-state index in [9.17, 15) is 24.3 Å². The van der Waals surface area contributed by atoms with Crippen LogP contribution in [0.2, 0.25) is 0 Å². The minimum absolute atomic E-state index is 0.0243. The van der Waals surface area contributed by atoms with Gasteiger partial charge in [0.1, 0.15) is 13.2 Å². The third-order valence-electron chi connectivity index (χ3n) is 6.21. The Kier molecular flexibility index (Phi) is 15.2. The maximum absolute atomic E-state index is 13.3. The zero-order valence-electron chi connectivity index (χ0n) is 23.4. The second-order valence-electron chi connectivity index (χ2n) is 9.47. The Balaban J connectivity index is 2.10. The highest BCUT2D eigenvalue weighted by molar-refractivity contribution is 5.89. The van der Waals surface area contributed by atoms with Crippen molar-refractivity contribution in [3.05, 3.63) is 97.1 Å². The summed E-state index contributed by atoms with van der Waals surface area (Å²) in [5.41, 5.74) is 1.64. The predicted octanol–water partition coefficient (Wildman–Crippen LogP) is 3.72. The number of aliphatic hydroxyl groups is 1. The van der Waals surface area contributed by atoms with Crippen LogP contribution in [0.5, 0.6) is 0 Å². The normalized spacial score (nSPS) is 11.9. The van der Waals surface area contributed by atoms with E-state index in [1.807, 2.05) is 48.5 Å². The van der Waals surface area contributed by atoms with E-state index in [1.54, 1.807) is 18.2 Å². The summed E-state index contributed by atoms with van der Waals surface area (Å²) in [5, 5.41) is 12.1. The SMILES string of the molecule is C=CCCCC(=O)OC[C@@H](NC(=O)[C@@H](CC=C)CC(=O)N(CCO)Cc1ccccc1)C(=O)OCc1ccccc1. The molecule has 2 amide bonds. The van der Waals surface area contributed by atoms with Crippen LogP contribution in [0.4, 0.5) is 0 Å². The van der Waals surface area contributed by atoms with Crippen molar-refractivity contribution in [2.24, 2.45) is 5.92 Å². The van der Waals surface area contributed by atoms with Crippen molar-refractivity contribution in [1.29, 1.82) is 0 Å². The predicted molar refractivity (Wildman–Crippen MR) is 155 cm³/mol. The molecular formula is C32H40N2O7. The van der Waals surface area contributed by atoms with Crippen LogP contribution in [0.25, 0.3) is 0 Å². The number of ether oxygens (including phenoxy) is 2. The highest BCUT2D eigenvalue weighted by Gasteiger charge is 2.30. The van der Waals surface area contributed by atoms with Gasteiger partial charge in [0.2, 0.25) is 11.8 Å². The molecule has 0 unspecified atom stereocenters. The van der Waals surface area contributed by atoms with Gasteiger partial charge in [-0.1, -0.05) is 72.8 Å². The first kappa shape index (κ1) is 33.0. The summed E-state index contributed by atoms with van der Waals surface area (Å²) in [6.07, 6.45) is 4.55. The lowest BCUT2D eigenvalue weighted by Gasteiger charge is -2.25. The molecule has 0 aliphatic rings. The lowest BCUT2D eigenvalue weighted by atomic mass is 9.98. The second-order valence-corrected chi connectivity index (χ2v) is 9.47. The Hall–Kier alpha value is -4.24. The van der Waals surface area contributed by atoms with Crippen LogP contribution < -0.4 is 5.32 Å². The number of rotatable bonds is 19. The molecule has 9 nitrogen and oxygen atoms in total. The molecule has 0 aromatic heterocycles. The number of nitrogens with one attached hydrogen (secondary N) is 1. The number of benzene rings is 2. The van der Waals surface area contributed by atoms with E-state index in [-0.39, 0.29) is 51.5 Å². The molecule has 0 radical (unpaired) electrons. The lowest BCUT2D eigenvalue weighted by molar-refractivity contribution is -0.155. The number of hydrogen-bond acceptors (Lipinski definition) is 7. The molecular weight excluding hydrogens is 524 g/mol. The van der Waals surface area contributed by atoms with E-state index in [4.69, 9.17) is 9.47 Å². The number of unbranched alkanes of at least 4 members (excludes halogenated alkanes) is 1. The van der Waals surface area contributed by atoms with Crippen LogP contribution in [0.1, 0.15) is 43.2 Å². The Bertz CT molecular complexity index is 1120. The molecule has 0 saturated carbocycles.